The van der Waals surface area contributed by atoms with E-state index >= 15 is 0 Å². The molecule has 0 spiro atoms. The summed E-state index contributed by atoms with van der Waals surface area (Å²) < 4.78 is 5.07. The van der Waals surface area contributed by atoms with E-state index in [4.69, 9.17) is 21.1 Å². The van der Waals surface area contributed by atoms with Gasteiger partial charge in [-0.25, -0.2) is 4.79 Å². The predicted molar refractivity (Wildman–Crippen MR) is 53.9 cm³/mol. The Kier molecular flexibility index (Phi) is 2.43. The van der Waals surface area contributed by atoms with Crippen molar-refractivity contribution in [3.63, 3.8) is 0 Å². The third-order valence-electron chi connectivity index (χ3n) is 1.80. The smallest absolute Gasteiger partial charge is 0.371 e. The molecule has 0 fully saturated rings. The molecule has 2 rings (SSSR count). The molecule has 0 aliphatic rings. The zero-order chi connectivity index (χ0) is 10.8. The molecule has 0 saturated carbocycles. The summed E-state index contributed by atoms with van der Waals surface area (Å²) in [6, 6.07) is 6.26. The molecule has 4 nitrogen and oxygen atoms in total. The van der Waals surface area contributed by atoms with Crippen molar-refractivity contribution in [2.45, 2.75) is 0 Å². The summed E-state index contributed by atoms with van der Waals surface area (Å²) in [6.45, 7) is 0. The topological polar surface area (TPSA) is 63.3 Å². The van der Waals surface area contributed by atoms with Crippen LogP contribution in [0, 0.1) is 0 Å². The SMILES string of the molecule is O=C(O)c1ccc(-c2ccc(Cl)cn2)o1. The first-order valence-electron chi connectivity index (χ1n) is 4.12. The van der Waals surface area contributed by atoms with E-state index in [-0.39, 0.29) is 5.76 Å². The second-order valence-electron chi connectivity index (χ2n) is 2.83. The fourth-order valence-electron chi connectivity index (χ4n) is 1.11. The fourth-order valence-corrected chi connectivity index (χ4v) is 1.22. The number of hydrogen-bond donors (Lipinski definition) is 1. The molecule has 15 heavy (non-hydrogen) atoms. The summed E-state index contributed by atoms with van der Waals surface area (Å²) in [5.41, 5.74) is 0.548. The van der Waals surface area contributed by atoms with E-state index < -0.39 is 5.97 Å². The second-order valence-corrected chi connectivity index (χ2v) is 3.27. The largest absolute Gasteiger partial charge is 0.475 e. The van der Waals surface area contributed by atoms with E-state index in [2.05, 4.69) is 4.98 Å². The third kappa shape index (κ3) is 1.99. The maximum absolute atomic E-state index is 10.6. The summed E-state index contributed by atoms with van der Waals surface area (Å²) in [7, 11) is 0. The van der Waals surface area contributed by atoms with Gasteiger partial charge in [-0.15, -0.1) is 0 Å². The Balaban J connectivity index is 2.37. The summed E-state index contributed by atoms with van der Waals surface area (Å²) in [5, 5.41) is 9.17. The van der Waals surface area contributed by atoms with Gasteiger partial charge in [-0.3, -0.25) is 4.98 Å². The monoisotopic (exact) mass is 223 g/mol. The lowest BCUT2D eigenvalue weighted by atomic mass is 10.3. The lowest BCUT2D eigenvalue weighted by molar-refractivity contribution is 0.0663. The second kappa shape index (κ2) is 3.74. The van der Waals surface area contributed by atoms with Gasteiger partial charge in [0.1, 0.15) is 5.69 Å². The standard InChI is InChI=1S/C10H6ClNO3/c11-6-1-2-7(12-5-6)8-3-4-9(15-8)10(13)14/h1-5H,(H,13,14). The van der Waals surface area contributed by atoms with Crippen molar-refractivity contribution in [2.75, 3.05) is 0 Å². The zero-order valence-corrected chi connectivity index (χ0v) is 8.23. The minimum Gasteiger partial charge on any atom is -0.475 e. The lowest BCUT2D eigenvalue weighted by Gasteiger charge is -1.95. The number of carbonyl (C=O) groups is 1. The first-order valence-corrected chi connectivity index (χ1v) is 4.49. The molecular formula is C10H6ClNO3. The normalized spacial score (nSPS) is 10.2. The van der Waals surface area contributed by atoms with Crippen molar-refractivity contribution in [2.24, 2.45) is 0 Å². The van der Waals surface area contributed by atoms with Crippen LogP contribution in [0.3, 0.4) is 0 Å². The highest BCUT2D eigenvalue weighted by Gasteiger charge is 2.10. The van der Waals surface area contributed by atoms with Gasteiger partial charge in [0.25, 0.3) is 0 Å². The number of carboxylic acid groups (broad SMARTS) is 1. The van der Waals surface area contributed by atoms with E-state index in [1.165, 1.54) is 12.3 Å². The number of rotatable bonds is 2. The summed E-state index contributed by atoms with van der Waals surface area (Å²) in [4.78, 5) is 14.6. The average Bonchev–Trinajstić information content (AvgIpc) is 2.68. The van der Waals surface area contributed by atoms with E-state index in [0.29, 0.717) is 16.5 Å². The van der Waals surface area contributed by atoms with Crippen LogP contribution in [0.5, 0.6) is 0 Å². The van der Waals surface area contributed by atoms with Crippen molar-refractivity contribution < 1.29 is 14.3 Å². The van der Waals surface area contributed by atoms with Crippen LogP contribution in [-0.2, 0) is 0 Å². The Hall–Kier alpha value is -1.81. The Morgan fingerprint density at radius 3 is 2.67 bits per heavy atom. The maximum Gasteiger partial charge on any atom is 0.371 e. The first kappa shape index (κ1) is 9.73. The van der Waals surface area contributed by atoms with Gasteiger partial charge in [-0.05, 0) is 24.3 Å². The predicted octanol–water partition coefficient (Wildman–Crippen LogP) is 2.69. The molecule has 5 heteroatoms. The Labute approximate surface area is 90.1 Å². The van der Waals surface area contributed by atoms with Crippen molar-refractivity contribution in [1.29, 1.82) is 0 Å². The van der Waals surface area contributed by atoms with Gasteiger partial charge in [0.15, 0.2) is 5.76 Å². The lowest BCUT2D eigenvalue weighted by Crippen LogP contribution is -1.91. The Morgan fingerprint density at radius 2 is 2.13 bits per heavy atom. The van der Waals surface area contributed by atoms with Crippen LogP contribution in [0.1, 0.15) is 10.6 Å². The minimum atomic E-state index is -1.10. The molecule has 76 valence electrons. The molecule has 1 N–H and O–H groups in total. The molecule has 2 aromatic heterocycles. The number of carboxylic acids is 1. The van der Waals surface area contributed by atoms with Crippen molar-refractivity contribution >= 4 is 17.6 Å². The quantitative estimate of drug-likeness (QED) is 0.850. The third-order valence-corrected chi connectivity index (χ3v) is 2.02. The molecule has 0 bridgehead atoms. The summed E-state index contributed by atoms with van der Waals surface area (Å²) in [5.74, 6) is -0.805. The molecule has 0 aliphatic carbocycles. The van der Waals surface area contributed by atoms with Gasteiger partial charge >= 0.3 is 5.97 Å². The van der Waals surface area contributed by atoms with Crippen molar-refractivity contribution in [3.05, 3.63) is 41.2 Å². The first-order chi connectivity index (χ1) is 7.16. The molecule has 0 aromatic carbocycles. The van der Waals surface area contributed by atoms with Gasteiger partial charge < -0.3 is 9.52 Å². The van der Waals surface area contributed by atoms with Gasteiger partial charge in [0.2, 0.25) is 5.76 Å². The van der Waals surface area contributed by atoms with Crippen LogP contribution >= 0.6 is 11.6 Å². The molecule has 0 aliphatic heterocycles. The number of aromatic carboxylic acids is 1. The Morgan fingerprint density at radius 1 is 1.33 bits per heavy atom. The van der Waals surface area contributed by atoms with E-state index in [9.17, 15) is 4.79 Å². The number of pyridine rings is 1. The van der Waals surface area contributed by atoms with E-state index in [1.54, 1.807) is 18.2 Å². The molecule has 0 unspecified atom stereocenters. The van der Waals surface area contributed by atoms with Crippen LogP contribution in [0.25, 0.3) is 11.5 Å². The maximum atomic E-state index is 10.6. The minimum absolute atomic E-state index is 0.109. The van der Waals surface area contributed by atoms with Gasteiger partial charge in [-0.2, -0.15) is 0 Å². The van der Waals surface area contributed by atoms with Crippen LogP contribution in [-0.4, -0.2) is 16.1 Å². The Bertz CT molecular complexity index is 490. The van der Waals surface area contributed by atoms with Crippen LogP contribution in [0.15, 0.2) is 34.9 Å². The highest BCUT2D eigenvalue weighted by molar-refractivity contribution is 6.30. The average molecular weight is 224 g/mol. The molecular weight excluding hydrogens is 218 g/mol. The molecule has 0 atom stereocenters. The van der Waals surface area contributed by atoms with Crippen LogP contribution < -0.4 is 0 Å². The molecule has 0 amide bonds. The molecule has 0 radical (unpaired) electrons. The molecule has 0 saturated heterocycles. The van der Waals surface area contributed by atoms with Crippen molar-refractivity contribution in [1.82, 2.24) is 4.98 Å². The highest BCUT2D eigenvalue weighted by atomic mass is 35.5. The van der Waals surface area contributed by atoms with E-state index in [0.717, 1.165) is 0 Å². The number of halogens is 1. The highest BCUT2D eigenvalue weighted by Crippen LogP contribution is 2.21. The van der Waals surface area contributed by atoms with Crippen LogP contribution in [0.2, 0.25) is 5.02 Å². The number of nitrogens with zero attached hydrogens (tertiary/aromatic N) is 1. The fraction of sp³-hybridized carbons (Fsp3) is 0. The van der Waals surface area contributed by atoms with Gasteiger partial charge in [0.05, 0.1) is 5.02 Å². The zero-order valence-electron chi connectivity index (χ0n) is 7.48. The number of aromatic nitrogens is 1. The van der Waals surface area contributed by atoms with Crippen LogP contribution in [0.4, 0.5) is 0 Å². The summed E-state index contributed by atoms with van der Waals surface area (Å²) in [6.07, 6.45) is 1.47. The van der Waals surface area contributed by atoms with Gasteiger partial charge in [0, 0.05) is 6.20 Å². The summed E-state index contributed by atoms with van der Waals surface area (Å²) >= 11 is 5.67. The molecule has 2 aromatic rings. The number of hydrogen-bond acceptors (Lipinski definition) is 3. The van der Waals surface area contributed by atoms with E-state index in [1.807, 2.05) is 0 Å². The van der Waals surface area contributed by atoms with Gasteiger partial charge in [-0.1, -0.05) is 11.6 Å². The molecule has 2 heterocycles. The van der Waals surface area contributed by atoms with Crippen molar-refractivity contribution in [3.8, 4) is 11.5 Å². The number of furan rings is 1.